The lowest BCUT2D eigenvalue weighted by molar-refractivity contribution is 0.234. The Hall–Kier alpha value is 0.310. The van der Waals surface area contributed by atoms with Crippen molar-refractivity contribution >= 4 is 11.8 Å². The van der Waals surface area contributed by atoms with Gasteiger partial charge in [0.1, 0.15) is 0 Å². The molecule has 0 spiro atoms. The molecule has 1 unspecified atom stereocenters. The monoisotopic (exact) mass is 144 g/mol. The van der Waals surface area contributed by atoms with Crippen molar-refractivity contribution in [2.45, 2.75) is 12.0 Å². The third-order valence-electron chi connectivity index (χ3n) is 2.03. The second-order valence-electron chi connectivity index (χ2n) is 2.92. The van der Waals surface area contributed by atoms with Gasteiger partial charge in [0.15, 0.2) is 0 Å². The van der Waals surface area contributed by atoms with Crippen LogP contribution in [0, 0.1) is 6.92 Å². The molecule has 1 fully saturated rings. The first-order valence-electron chi connectivity index (χ1n) is 3.26. The molecule has 1 saturated heterocycles. The standard InChI is InChI=1S/C7H14NS/c1-7(8(2)3)4-5-9-6-7/h1,4-6H2,2-3H3. The summed E-state index contributed by atoms with van der Waals surface area (Å²) in [4.78, 5) is 2.23. The lowest BCUT2D eigenvalue weighted by atomic mass is 10.0. The minimum Gasteiger partial charge on any atom is -0.303 e. The Labute approximate surface area is 61.8 Å². The molecular formula is C7H14NS. The summed E-state index contributed by atoms with van der Waals surface area (Å²) >= 11 is 2.01. The highest BCUT2D eigenvalue weighted by Gasteiger charge is 2.30. The Balaban J connectivity index is 2.51. The van der Waals surface area contributed by atoms with E-state index < -0.39 is 0 Å². The predicted molar refractivity (Wildman–Crippen MR) is 43.7 cm³/mol. The molecule has 1 heterocycles. The zero-order chi connectivity index (χ0) is 6.91. The molecule has 0 aromatic rings. The average molecular weight is 144 g/mol. The van der Waals surface area contributed by atoms with Gasteiger partial charge in [0, 0.05) is 11.3 Å². The lowest BCUT2D eigenvalue weighted by Crippen LogP contribution is -2.41. The van der Waals surface area contributed by atoms with E-state index in [0.717, 1.165) is 0 Å². The fraction of sp³-hybridized carbons (Fsp3) is 0.857. The number of nitrogens with zero attached hydrogens (tertiary/aromatic N) is 1. The summed E-state index contributed by atoms with van der Waals surface area (Å²) in [7, 11) is 4.22. The SMILES string of the molecule is [CH2]C1(N(C)C)CCSC1. The van der Waals surface area contributed by atoms with Gasteiger partial charge in [-0.15, -0.1) is 0 Å². The molecule has 1 rings (SSSR count). The van der Waals surface area contributed by atoms with Gasteiger partial charge in [-0.1, -0.05) is 0 Å². The Morgan fingerprint density at radius 3 is 2.44 bits per heavy atom. The maximum atomic E-state index is 4.17. The second-order valence-corrected chi connectivity index (χ2v) is 4.03. The van der Waals surface area contributed by atoms with Crippen LogP contribution in [0.3, 0.4) is 0 Å². The quantitative estimate of drug-likeness (QED) is 0.545. The van der Waals surface area contributed by atoms with Crippen molar-refractivity contribution in [2.75, 3.05) is 25.6 Å². The highest BCUT2D eigenvalue weighted by atomic mass is 32.2. The Bertz CT molecular complexity index is 95.1. The summed E-state index contributed by atoms with van der Waals surface area (Å²) in [6.07, 6.45) is 1.24. The Kier molecular flexibility index (Phi) is 2.07. The van der Waals surface area contributed by atoms with Crippen molar-refractivity contribution < 1.29 is 0 Å². The van der Waals surface area contributed by atoms with Crippen molar-refractivity contribution in [3.8, 4) is 0 Å². The van der Waals surface area contributed by atoms with Gasteiger partial charge < -0.3 is 4.90 Å². The summed E-state index contributed by atoms with van der Waals surface area (Å²) in [5, 5.41) is 0. The maximum absolute atomic E-state index is 4.17. The largest absolute Gasteiger partial charge is 0.303 e. The predicted octanol–water partition coefficient (Wildman–Crippen LogP) is 1.26. The van der Waals surface area contributed by atoms with Crippen LogP contribution in [0.5, 0.6) is 0 Å². The third-order valence-corrected chi connectivity index (χ3v) is 3.27. The molecule has 1 aliphatic heterocycles. The van der Waals surface area contributed by atoms with Crippen LogP contribution >= 0.6 is 11.8 Å². The first-order valence-corrected chi connectivity index (χ1v) is 4.41. The van der Waals surface area contributed by atoms with Crippen LogP contribution in [0.15, 0.2) is 0 Å². The number of thioether (sulfide) groups is 1. The molecule has 1 aliphatic rings. The van der Waals surface area contributed by atoms with Crippen molar-refractivity contribution in [1.82, 2.24) is 4.90 Å². The number of rotatable bonds is 1. The van der Waals surface area contributed by atoms with E-state index in [0.29, 0.717) is 0 Å². The van der Waals surface area contributed by atoms with E-state index in [9.17, 15) is 0 Å². The zero-order valence-corrected chi connectivity index (χ0v) is 7.00. The molecule has 9 heavy (non-hydrogen) atoms. The van der Waals surface area contributed by atoms with E-state index in [2.05, 4.69) is 25.9 Å². The normalized spacial score (nSPS) is 36.0. The van der Waals surface area contributed by atoms with Crippen LogP contribution < -0.4 is 0 Å². The van der Waals surface area contributed by atoms with Crippen LogP contribution in [0.4, 0.5) is 0 Å². The number of hydrogen-bond donors (Lipinski definition) is 0. The molecule has 0 amide bonds. The lowest BCUT2D eigenvalue weighted by Gasteiger charge is -2.30. The molecule has 0 aromatic heterocycles. The van der Waals surface area contributed by atoms with E-state index in [1.54, 1.807) is 0 Å². The van der Waals surface area contributed by atoms with Crippen LogP contribution in [0.25, 0.3) is 0 Å². The minimum absolute atomic E-state index is 0.241. The summed E-state index contributed by atoms with van der Waals surface area (Å²) in [5.74, 6) is 2.47. The fourth-order valence-electron chi connectivity index (χ4n) is 0.949. The van der Waals surface area contributed by atoms with Crippen LogP contribution in [0.2, 0.25) is 0 Å². The van der Waals surface area contributed by atoms with Crippen LogP contribution in [0.1, 0.15) is 6.42 Å². The van der Waals surface area contributed by atoms with E-state index in [4.69, 9.17) is 0 Å². The van der Waals surface area contributed by atoms with E-state index >= 15 is 0 Å². The van der Waals surface area contributed by atoms with Crippen molar-refractivity contribution in [3.05, 3.63) is 6.92 Å². The van der Waals surface area contributed by atoms with Crippen LogP contribution in [-0.4, -0.2) is 36.0 Å². The van der Waals surface area contributed by atoms with E-state index in [1.165, 1.54) is 17.9 Å². The second kappa shape index (κ2) is 2.51. The maximum Gasteiger partial charge on any atom is 0.0302 e. The molecular weight excluding hydrogens is 130 g/mol. The van der Waals surface area contributed by atoms with Crippen molar-refractivity contribution in [1.29, 1.82) is 0 Å². The molecule has 0 aromatic carbocycles. The average Bonchev–Trinajstić information content (AvgIpc) is 2.16. The molecule has 0 bridgehead atoms. The third kappa shape index (κ3) is 1.41. The topological polar surface area (TPSA) is 3.24 Å². The molecule has 1 radical (unpaired) electrons. The van der Waals surface area contributed by atoms with E-state index in [1.807, 2.05) is 11.8 Å². The van der Waals surface area contributed by atoms with Gasteiger partial charge >= 0.3 is 0 Å². The van der Waals surface area contributed by atoms with Crippen LogP contribution in [-0.2, 0) is 0 Å². The molecule has 1 atom stereocenters. The van der Waals surface area contributed by atoms with Gasteiger partial charge in [-0.05, 0) is 33.2 Å². The smallest absolute Gasteiger partial charge is 0.0302 e. The molecule has 0 saturated carbocycles. The summed E-state index contributed by atoms with van der Waals surface area (Å²) in [6.45, 7) is 4.17. The van der Waals surface area contributed by atoms with Crippen molar-refractivity contribution in [2.24, 2.45) is 0 Å². The molecule has 0 aliphatic carbocycles. The van der Waals surface area contributed by atoms with Gasteiger partial charge in [0.05, 0.1) is 0 Å². The Morgan fingerprint density at radius 1 is 1.56 bits per heavy atom. The molecule has 1 nitrogen and oxygen atoms in total. The summed E-state index contributed by atoms with van der Waals surface area (Å²) < 4.78 is 0. The molecule has 53 valence electrons. The fourth-order valence-corrected chi connectivity index (χ4v) is 2.40. The first-order chi connectivity index (χ1) is 4.15. The summed E-state index contributed by atoms with van der Waals surface area (Å²) in [5.41, 5.74) is 0.241. The van der Waals surface area contributed by atoms with Gasteiger partial charge in [-0.25, -0.2) is 0 Å². The zero-order valence-electron chi connectivity index (χ0n) is 6.18. The van der Waals surface area contributed by atoms with Gasteiger partial charge in [-0.2, -0.15) is 11.8 Å². The molecule has 2 heteroatoms. The molecule has 0 N–H and O–H groups in total. The first kappa shape index (κ1) is 7.42. The Morgan fingerprint density at radius 2 is 2.22 bits per heavy atom. The van der Waals surface area contributed by atoms with E-state index in [-0.39, 0.29) is 5.54 Å². The van der Waals surface area contributed by atoms with Gasteiger partial charge in [0.2, 0.25) is 0 Å². The highest BCUT2D eigenvalue weighted by Crippen LogP contribution is 2.30. The number of hydrogen-bond acceptors (Lipinski definition) is 2. The minimum atomic E-state index is 0.241. The van der Waals surface area contributed by atoms with Crippen molar-refractivity contribution in [3.63, 3.8) is 0 Å². The van der Waals surface area contributed by atoms with Gasteiger partial charge in [0.25, 0.3) is 0 Å². The highest BCUT2D eigenvalue weighted by molar-refractivity contribution is 7.99. The summed E-state index contributed by atoms with van der Waals surface area (Å²) in [6, 6.07) is 0. The van der Waals surface area contributed by atoms with Gasteiger partial charge in [-0.3, -0.25) is 0 Å².